The summed E-state index contributed by atoms with van der Waals surface area (Å²) in [6.07, 6.45) is 12.6. The van der Waals surface area contributed by atoms with Gasteiger partial charge in [-0.1, -0.05) is 65.5 Å². The third-order valence-electron chi connectivity index (χ3n) is 10.8. The SMILES string of the molecule is CC(C)CCC[C@@H](C)[C@H]1CC[C@H]2[C@@H]3CC=C4C(C)(C)C(=O)CC[C@]4(C)[C@H]3[C@@H](O)C[C@]12C. The van der Waals surface area contributed by atoms with Crippen molar-refractivity contribution in [2.75, 3.05) is 0 Å². The fourth-order valence-corrected chi connectivity index (χ4v) is 9.38. The van der Waals surface area contributed by atoms with Crippen molar-refractivity contribution in [1.82, 2.24) is 0 Å². The maximum Gasteiger partial charge on any atom is 0.142 e. The summed E-state index contributed by atoms with van der Waals surface area (Å²) in [6, 6.07) is 0. The third-order valence-corrected chi connectivity index (χ3v) is 10.8. The minimum atomic E-state index is -0.360. The fraction of sp³-hybridized carbons (Fsp3) is 0.897. The largest absolute Gasteiger partial charge is 0.393 e. The van der Waals surface area contributed by atoms with E-state index in [1.165, 1.54) is 37.7 Å². The second-order valence-electron chi connectivity index (χ2n) is 13.4. The lowest BCUT2D eigenvalue weighted by molar-refractivity contribution is -0.144. The summed E-state index contributed by atoms with van der Waals surface area (Å²) in [6.45, 7) is 16.3. The molecule has 0 radical (unpaired) electrons. The van der Waals surface area contributed by atoms with Crippen molar-refractivity contribution in [3.8, 4) is 0 Å². The van der Waals surface area contributed by atoms with E-state index in [-0.39, 0.29) is 22.3 Å². The van der Waals surface area contributed by atoms with Gasteiger partial charge in [0.2, 0.25) is 0 Å². The first-order valence-electron chi connectivity index (χ1n) is 13.4. The van der Waals surface area contributed by atoms with Crippen molar-refractivity contribution in [3.05, 3.63) is 11.6 Å². The first kappa shape index (κ1) is 23.5. The number of aliphatic hydroxyl groups is 1. The fourth-order valence-electron chi connectivity index (χ4n) is 9.38. The molecule has 0 aromatic carbocycles. The molecule has 0 heterocycles. The van der Waals surface area contributed by atoms with Gasteiger partial charge >= 0.3 is 0 Å². The highest BCUT2D eigenvalue weighted by Gasteiger charge is 2.63. The van der Waals surface area contributed by atoms with Gasteiger partial charge in [0.25, 0.3) is 0 Å². The van der Waals surface area contributed by atoms with Crippen molar-refractivity contribution < 1.29 is 9.90 Å². The molecule has 0 unspecified atom stereocenters. The van der Waals surface area contributed by atoms with Crippen molar-refractivity contribution in [3.63, 3.8) is 0 Å². The molecule has 4 aliphatic rings. The number of rotatable bonds is 5. The molecule has 0 aromatic heterocycles. The number of allylic oxidation sites excluding steroid dienone is 2. The summed E-state index contributed by atoms with van der Waals surface area (Å²) in [5.74, 6) is 4.34. The molecule has 8 atom stereocenters. The molecule has 0 bridgehead atoms. The second-order valence-corrected chi connectivity index (χ2v) is 13.4. The number of Topliss-reactive ketones (excluding diaryl/α,β-unsaturated/α-hetero) is 1. The van der Waals surface area contributed by atoms with Crippen LogP contribution >= 0.6 is 0 Å². The van der Waals surface area contributed by atoms with E-state index in [0.717, 1.165) is 42.9 Å². The quantitative estimate of drug-likeness (QED) is 0.470. The van der Waals surface area contributed by atoms with Crippen LogP contribution in [0, 0.1) is 51.8 Å². The van der Waals surface area contributed by atoms with Gasteiger partial charge in [-0.3, -0.25) is 4.79 Å². The first-order chi connectivity index (χ1) is 14.4. The van der Waals surface area contributed by atoms with Gasteiger partial charge < -0.3 is 5.11 Å². The van der Waals surface area contributed by atoms with Crippen LogP contribution in [0.25, 0.3) is 0 Å². The van der Waals surface area contributed by atoms with Crippen molar-refractivity contribution >= 4 is 5.78 Å². The van der Waals surface area contributed by atoms with Crippen LogP contribution in [0.1, 0.15) is 106 Å². The molecule has 2 heteroatoms. The molecule has 0 spiro atoms. The van der Waals surface area contributed by atoms with Crippen LogP contribution in [-0.2, 0) is 4.79 Å². The maximum atomic E-state index is 12.7. The van der Waals surface area contributed by atoms with Crippen molar-refractivity contribution in [2.24, 2.45) is 51.8 Å². The normalized spacial score (nSPS) is 45.0. The molecule has 176 valence electrons. The summed E-state index contributed by atoms with van der Waals surface area (Å²) in [7, 11) is 0. The molecule has 4 aliphatic carbocycles. The highest BCUT2D eigenvalue weighted by Crippen LogP contribution is 2.68. The number of fused-ring (bicyclic) bond motifs is 5. The van der Waals surface area contributed by atoms with E-state index in [4.69, 9.17) is 0 Å². The Morgan fingerprint density at radius 1 is 1.10 bits per heavy atom. The zero-order valence-corrected chi connectivity index (χ0v) is 21.3. The standard InChI is InChI=1S/C29H48O2/c1-18(2)9-8-10-19(3)21-12-13-22-20-11-14-24-27(4,5)25(31)15-16-28(24,6)26(20)23(30)17-29(21,22)7/h14,18-23,26,30H,8-13,15-17H2,1-7H3/t19-,20+,21-,22+,23+,26-,28+,29-/m1/s1. The minimum Gasteiger partial charge on any atom is -0.393 e. The zero-order chi connectivity index (χ0) is 22.8. The summed E-state index contributed by atoms with van der Waals surface area (Å²) in [4.78, 5) is 12.7. The van der Waals surface area contributed by atoms with Gasteiger partial charge in [0.1, 0.15) is 5.78 Å². The van der Waals surface area contributed by atoms with E-state index in [1.54, 1.807) is 0 Å². The summed E-state index contributed by atoms with van der Waals surface area (Å²) in [5, 5.41) is 11.7. The third kappa shape index (κ3) is 3.58. The molecule has 0 amide bonds. The van der Waals surface area contributed by atoms with Gasteiger partial charge in [-0.15, -0.1) is 0 Å². The van der Waals surface area contributed by atoms with Gasteiger partial charge in [-0.25, -0.2) is 0 Å². The topological polar surface area (TPSA) is 37.3 Å². The Kier molecular flexibility index (Phi) is 6.07. The monoisotopic (exact) mass is 428 g/mol. The molecule has 2 nitrogen and oxygen atoms in total. The van der Waals surface area contributed by atoms with Crippen LogP contribution < -0.4 is 0 Å². The Labute approximate surface area is 191 Å². The predicted molar refractivity (Wildman–Crippen MR) is 129 cm³/mol. The molecule has 3 saturated carbocycles. The van der Waals surface area contributed by atoms with E-state index < -0.39 is 0 Å². The summed E-state index contributed by atoms with van der Waals surface area (Å²) in [5.41, 5.74) is 1.25. The summed E-state index contributed by atoms with van der Waals surface area (Å²) < 4.78 is 0. The van der Waals surface area contributed by atoms with Crippen LogP contribution in [0.5, 0.6) is 0 Å². The molecule has 0 aromatic rings. The molecule has 31 heavy (non-hydrogen) atoms. The molecular formula is C29H48O2. The Balaban J connectivity index is 1.59. The van der Waals surface area contributed by atoms with E-state index in [2.05, 4.69) is 54.5 Å². The van der Waals surface area contributed by atoms with Crippen LogP contribution in [0.15, 0.2) is 11.6 Å². The average Bonchev–Trinajstić information content (AvgIpc) is 3.01. The lowest BCUT2D eigenvalue weighted by Gasteiger charge is -2.61. The van der Waals surface area contributed by atoms with Crippen molar-refractivity contribution in [1.29, 1.82) is 0 Å². The highest BCUT2D eigenvalue weighted by molar-refractivity contribution is 5.89. The van der Waals surface area contributed by atoms with E-state index in [9.17, 15) is 9.90 Å². The molecule has 0 saturated heterocycles. The van der Waals surface area contributed by atoms with Crippen molar-refractivity contribution in [2.45, 2.75) is 112 Å². The number of hydrogen-bond donors (Lipinski definition) is 1. The van der Waals surface area contributed by atoms with Gasteiger partial charge in [-0.05, 0) is 92.3 Å². The highest BCUT2D eigenvalue weighted by atomic mass is 16.3. The zero-order valence-electron chi connectivity index (χ0n) is 21.3. The number of carbonyl (C=O) groups excluding carboxylic acids is 1. The van der Waals surface area contributed by atoms with E-state index >= 15 is 0 Å². The van der Waals surface area contributed by atoms with E-state index in [1.807, 2.05) is 0 Å². The Bertz CT molecular complexity index is 733. The molecule has 1 N–H and O–H groups in total. The maximum absolute atomic E-state index is 12.7. The minimum absolute atomic E-state index is 0.0119. The van der Waals surface area contributed by atoms with Gasteiger partial charge in [0.05, 0.1) is 6.10 Å². The lowest BCUT2D eigenvalue weighted by atomic mass is 9.43. The number of hydrogen-bond acceptors (Lipinski definition) is 2. The number of aliphatic hydroxyl groups excluding tert-OH is 1. The molecular weight excluding hydrogens is 380 g/mol. The molecule has 0 aliphatic heterocycles. The Hall–Kier alpha value is -0.630. The smallest absolute Gasteiger partial charge is 0.142 e. The predicted octanol–water partition coefficient (Wildman–Crippen LogP) is 7.20. The van der Waals surface area contributed by atoms with Crippen LogP contribution in [0.3, 0.4) is 0 Å². The van der Waals surface area contributed by atoms with Gasteiger partial charge in [-0.2, -0.15) is 0 Å². The van der Waals surface area contributed by atoms with Crippen LogP contribution in [0.4, 0.5) is 0 Å². The number of ketones is 1. The Morgan fingerprint density at radius 3 is 2.48 bits per heavy atom. The molecule has 3 fully saturated rings. The van der Waals surface area contributed by atoms with Gasteiger partial charge in [0.15, 0.2) is 0 Å². The second kappa shape index (κ2) is 8.00. The summed E-state index contributed by atoms with van der Waals surface area (Å²) >= 11 is 0. The lowest BCUT2D eigenvalue weighted by Crippen LogP contribution is -2.58. The average molecular weight is 429 g/mol. The van der Waals surface area contributed by atoms with Crippen LogP contribution in [-0.4, -0.2) is 17.0 Å². The van der Waals surface area contributed by atoms with Crippen LogP contribution in [0.2, 0.25) is 0 Å². The first-order valence-corrected chi connectivity index (χ1v) is 13.4. The number of carbonyl (C=O) groups is 1. The van der Waals surface area contributed by atoms with Gasteiger partial charge in [0, 0.05) is 11.8 Å². The molecule has 4 rings (SSSR count). The van der Waals surface area contributed by atoms with E-state index in [0.29, 0.717) is 24.0 Å². The Morgan fingerprint density at radius 2 is 1.81 bits per heavy atom.